The van der Waals surface area contributed by atoms with Gasteiger partial charge in [0.2, 0.25) is 0 Å². The average molecular weight is 258 g/mol. The Balaban J connectivity index is 2.36. The van der Waals surface area contributed by atoms with E-state index in [0.717, 1.165) is 17.2 Å². The number of hydrogen-bond acceptors (Lipinski definition) is 3. The fourth-order valence-electron chi connectivity index (χ4n) is 2.11. The summed E-state index contributed by atoms with van der Waals surface area (Å²) in [5, 5.41) is 4.19. The summed E-state index contributed by atoms with van der Waals surface area (Å²) in [5.74, 6) is 0.788. The predicted octanol–water partition coefficient (Wildman–Crippen LogP) is 3.50. The molecule has 1 aromatic rings. The first-order valence-electron chi connectivity index (χ1n) is 5.41. The average Bonchev–Trinajstić information content (AvgIpc) is 2.81. The van der Waals surface area contributed by atoms with E-state index in [0.29, 0.717) is 11.1 Å². The Labute approximate surface area is 106 Å². The Morgan fingerprint density at radius 1 is 1.50 bits per heavy atom. The zero-order valence-corrected chi connectivity index (χ0v) is 11.1. The molecule has 0 bridgehead atoms. The molecule has 0 radical (unpaired) electrons. The van der Waals surface area contributed by atoms with E-state index in [1.165, 1.54) is 18.4 Å². The van der Waals surface area contributed by atoms with Gasteiger partial charge in [0.15, 0.2) is 5.75 Å². The maximum atomic E-state index is 6.23. The third-order valence-electron chi connectivity index (χ3n) is 2.92. The number of benzene rings is 1. The maximum Gasteiger partial charge on any atom is 0.150 e. The molecule has 1 heterocycles. The van der Waals surface area contributed by atoms with E-state index in [2.05, 4.69) is 11.4 Å². The molecule has 0 aromatic heterocycles. The van der Waals surface area contributed by atoms with Crippen molar-refractivity contribution in [2.75, 3.05) is 19.9 Å². The van der Waals surface area contributed by atoms with Gasteiger partial charge in [-0.3, -0.25) is 0 Å². The zero-order valence-electron chi connectivity index (χ0n) is 9.55. The minimum absolute atomic E-state index is 0.453. The van der Waals surface area contributed by atoms with Crippen LogP contribution in [0.2, 0.25) is 5.02 Å². The highest BCUT2D eigenvalue weighted by Gasteiger charge is 2.19. The van der Waals surface area contributed by atoms with Crippen molar-refractivity contribution in [3.05, 3.63) is 22.7 Å². The summed E-state index contributed by atoms with van der Waals surface area (Å²) in [4.78, 5) is 1.11. The summed E-state index contributed by atoms with van der Waals surface area (Å²) in [5.41, 5.74) is 1.27. The van der Waals surface area contributed by atoms with Crippen molar-refractivity contribution in [3.8, 4) is 5.75 Å². The molecule has 0 saturated carbocycles. The predicted molar refractivity (Wildman–Crippen MR) is 69.8 cm³/mol. The first-order chi connectivity index (χ1) is 7.76. The molecule has 1 N–H and O–H groups in total. The molecule has 16 heavy (non-hydrogen) atoms. The molecule has 1 aliphatic rings. The molecule has 2 rings (SSSR count). The number of methoxy groups -OCH3 is 1. The Kier molecular flexibility index (Phi) is 4.00. The monoisotopic (exact) mass is 257 g/mol. The summed E-state index contributed by atoms with van der Waals surface area (Å²) in [6.07, 6.45) is 4.47. The van der Waals surface area contributed by atoms with Crippen LogP contribution in [0.5, 0.6) is 5.75 Å². The van der Waals surface area contributed by atoms with Gasteiger partial charge in [-0.25, -0.2) is 0 Å². The smallest absolute Gasteiger partial charge is 0.150 e. The van der Waals surface area contributed by atoms with Crippen LogP contribution in [-0.4, -0.2) is 19.9 Å². The van der Waals surface area contributed by atoms with Crippen molar-refractivity contribution in [3.63, 3.8) is 0 Å². The highest BCUT2D eigenvalue weighted by Crippen LogP contribution is 2.38. The SMILES string of the molecule is COc1c(Cl)cc(C2CCCN2)cc1SC. The van der Waals surface area contributed by atoms with E-state index in [-0.39, 0.29) is 0 Å². The number of rotatable bonds is 3. The van der Waals surface area contributed by atoms with Crippen LogP contribution in [0, 0.1) is 0 Å². The normalized spacial score (nSPS) is 20.1. The Morgan fingerprint density at radius 3 is 2.88 bits per heavy atom. The summed E-state index contributed by atoms with van der Waals surface area (Å²) in [6, 6.07) is 4.65. The van der Waals surface area contributed by atoms with Crippen molar-refractivity contribution in [2.45, 2.75) is 23.8 Å². The van der Waals surface area contributed by atoms with Crippen LogP contribution in [0.25, 0.3) is 0 Å². The van der Waals surface area contributed by atoms with Crippen LogP contribution in [0.3, 0.4) is 0 Å². The van der Waals surface area contributed by atoms with E-state index in [1.807, 2.05) is 12.3 Å². The lowest BCUT2D eigenvalue weighted by molar-refractivity contribution is 0.404. The van der Waals surface area contributed by atoms with Gasteiger partial charge in [-0.1, -0.05) is 11.6 Å². The van der Waals surface area contributed by atoms with Gasteiger partial charge in [0.1, 0.15) is 0 Å². The van der Waals surface area contributed by atoms with Crippen molar-refractivity contribution < 1.29 is 4.74 Å². The number of thioether (sulfide) groups is 1. The van der Waals surface area contributed by atoms with Gasteiger partial charge < -0.3 is 10.1 Å². The molecule has 1 unspecified atom stereocenters. The van der Waals surface area contributed by atoms with Crippen molar-refractivity contribution in [1.29, 1.82) is 0 Å². The molecule has 1 aromatic carbocycles. The largest absolute Gasteiger partial charge is 0.494 e. The van der Waals surface area contributed by atoms with Crippen molar-refractivity contribution >= 4 is 23.4 Å². The minimum Gasteiger partial charge on any atom is -0.494 e. The third-order valence-corrected chi connectivity index (χ3v) is 3.94. The summed E-state index contributed by atoms with van der Waals surface area (Å²) in [6.45, 7) is 1.10. The molecule has 0 aliphatic carbocycles. The van der Waals surface area contributed by atoms with Crippen LogP contribution in [0.1, 0.15) is 24.4 Å². The lowest BCUT2D eigenvalue weighted by Crippen LogP contribution is -2.13. The van der Waals surface area contributed by atoms with E-state index >= 15 is 0 Å². The fourth-order valence-corrected chi connectivity index (χ4v) is 3.10. The van der Waals surface area contributed by atoms with E-state index in [4.69, 9.17) is 16.3 Å². The maximum absolute atomic E-state index is 6.23. The van der Waals surface area contributed by atoms with Gasteiger partial charge in [0.05, 0.1) is 17.0 Å². The van der Waals surface area contributed by atoms with Crippen LogP contribution < -0.4 is 10.1 Å². The molecule has 0 spiro atoms. The lowest BCUT2D eigenvalue weighted by atomic mass is 10.1. The Hall–Kier alpha value is -0.380. The van der Waals surface area contributed by atoms with Crippen molar-refractivity contribution in [2.24, 2.45) is 0 Å². The molecule has 4 heteroatoms. The molecule has 2 nitrogen and oxygen atoms in total. The summed E-state index contributed by atoms with van der Waals surface area (Å²) < 4.78 is 5.31. The third kappa shape index (κ3) is 2.31. The second-order valence-corrected chi connectivity index (χ2v) is 5.14. The molecule has 1 fully saturated rings. The van der Waals surface area contributed by atoms with Crippen LogP contribution in [0.4, 0.5) is 0 Å². The zero-order chi connectivity index (χ0) is 11.5. The van der Waals surface area contributed by atoms with Gasteiger partial charge >= 0.3 is 0 Å². The molecular formula is C12H16ClNOS. The van der Waals surface area contributed by atoms with Gasteiger partial charge in [0.25, 0.3) is 0 Å². The van der Waals surface area contributed by atoms with Crippen molar-refractivity contribution in [1.82, 2.24) is 5.32 Å². The molecule has 88 valence electrons. The number of hydrogen-bond donors (Lipinski definition) is 1. The number of halogens is 1. The number of nitrogens with one attached hydrogen (secondary N) is 1. The first kappa shape index (κ1) is 12.1. The second kappa shape index (κ2) is 5.30. The van der Waals surface area contributed by atoms with Crippen LogP contribution in [-0.2, 0) is 0 Å². The Bertz CT molecular complexity index is 378. The molecule has 1 aliphatic heterocycles. The molecule has 1 atom stereocenters. The molecule has 1 saturated heterocycles. The number of ether oxygens (including phenoxy) is 1. The minimum atomic E-state index is 0.453. The lowest BCUT2D eigenvalue weighted by Gasteiger charge is -2.15. The van der Waals surface area contributed by atoms with E-state index in [1.54, 1.807) is 18.9 Å². The molecule has 0 amide bonds. The Morgan fingerprint density at radius 2 is 2.31 bits per heavy atom. The van der Waals surface area contributed by atoms with Gasteiger partial charge in [0, 0.05) is 6.04 Å². The second-order valence-electron chi connectivity index (χ2n) is 3.89. The summed E-state index contributed by atoms with van der Waals surface area (Å²) >= 11 is 7.90. The fraction of sp³-hybridized carbons (Fsp3) is 0.500. The highest BCUT2D eigenvalue weighted by molar-refractivity contribution is 7.98. The quantitative estimate of drug-likeness (QED) is 0.838. The topological polar surface area (TPSA) is 21.3 Å². The van der Waals surface area contributed by atoms with Crippen LogP contribution in [0.15, 0.2) is 17.0 Å². The van der Waals surface area contributed by atoms with Gasteiger partial charge in [-0.05, 0) is 43.3 Å². The summed E-state index contributed by atoms with van der Waals surface area (Å²) in [7, 11) is 1.66. The highest BCUT2D eigenvalue weighted by atomic mass is 35.5. The first-order valence-corrected chi connectivity index (χ1v) is 7.01. The van der Waals surface area contributed by atoms with Crippen LogP contribution >= 0.6 is 23.4 Å². The van der Waals surface area contributed by atoms with Gasteiger partial charge in [-0.15, -0.1) is 11.8 Å². The molecular weight excluding hydrogens is 242 g/mol. The van der Waals surface area contributed by atoms with E-state index in [9.17, 15) is 0 Å². The standard InChI is InChI=1S/C12H16ClNOS/c1-15-12-9(13)6-8(7-11(12)16-2)10-4-3-5-14-10/h6-7,10,14H,3-5H2,1-2H3. The van der Waals surface area contributed by atoms with Gasteiger partial charge in [-0.2, -0.15) is 0 Å². The van der Waals surface area contributed by atoms with E-state index < -0.39 is 0 Å².